The van der Waals surface area contributed by atoms with Crippen molar-refractivity contribution in [3.05, 3.63) is 57.1 Å². The minimum absolute atomic E-state index is 0.0114. The lowest BCUT2D eigenvalue weighted by molar-refractivity contribution is 0.0556. The zero-order chi connectivity index (χ0) is 18.6. The average Bonchev–Trinajstić information content (AvgIpc) is 2.61. The number of phenolic OH excluding ortho intramolecular Hbond substituents is 1. The number of rotatable bonds is 4. The lowest BCUT2D eigenvalue weighted by Gasteiger charge is -2.09. The van der Waals surface area contributed by atoms with E-state index < -0.39 is 11.9 Å². The van der Waals surface area contributed by atoms with Crippen LogP contribution in [0.1, 0.15) is 26.3 Å². The molecule has 2 rings (SSSR count). The van der Waals surface area contributed by atoms with Gasteiger partial charge in [0.2, 0.25) is 0 Å². The van der Waals surface area contributed by atoms with Crippen LogP contribution in [0.25, 0.3) is 0 Å². The molecule has 0 aliphatic rings. The number of methoxy groups -OCH3 is 2. The fourth-order valence-corrected chi connectivity index (χ4v) is 2.58. The molecule has 1 N–H and O–H groups in total. The van der Waals surface area contributed by atoms with Crippen LogP contribution in [0.15, 0.2) is 35.3 Å². The van der Waals surface area contributed by atoms with E-state index >= 15 is 0 Å². The molecule has 0 aromatic heterocycles. The number of halogens is 2. The number of hydrogen-bond donors (Lipinski definition) is 1. The number of carbonyl (C=O) groups is 2. The molecule has 6 nitrogen and oxygen atoms in total. The first-order chi connectivity index (χ1) is 11.9. The molecule has 0 heterocycles. The summed E-state index contributed by atoms with van der Waals surface area (Å²) in [5.74, 6) is -1.66. The minimum Gasteiger partial charge on any atom is -0.506 e. The molecule has 0 saturated heterocycles. The molecule has 0 atom stereocenters. The van der Waals surface area contributed by atoms with Gasteiger partial charge in [0.25, 0.3) is 0 Å². The van der Waals surface area contributed by atoms with Gasteiger partial charge in [0.1, 0.15) is 5.75 Å². The van der Waals surface area contributed by atoms with Gasteiger partial charge in [-0.1, -0.05) is 29.3 Å². The highest BCUT2D eigenvalue weighted by Crippen LogP contribution is 2.31. The van der Waals surface area contributed by atoms with Crippen LogP contribution in [-0.2, 0) is 9.47 Å². The van der Waals surface area contributed by atoms with Crippen LogP contribution in [0.4, 0.5) is 5.69 Å². The Bertz CT molecular complexity index is 864. The Morgan fingerprint density at radius 2 is 1.80 bits per heavy atom. The number of hydrogen-bond acceptors (Lipinski definition) is 6. The van der Waals surface area contributed by atoms with E-state index in [1.165, 1.54) is 50.8 Å². The second-order valence-electron chi connectivity index (χ2n) is 4.77. The second kappa shape index (κ2) is 8.00. The summed E-state index contributed by atoms with van der Waals surface area (Å²) >= 11 is 11.8. The summed E-state index contributed by atoms with van der Waals surface area (Å²) < 4.78 is 9.38. The summed E-state index contributed by atoms with van der Waals surface area (Å²) in [5, 5.41) is 10.3. The van der Waals surface area contributed by atoms with Gasteiger partial charge in [0, 0.05) is 16.8 Å². The summed E-state index contributed by atoms with van der Waals surface area (Å²) in [5.41, 5.74) is 0.361. The van der Waals surface area contributed by atoms with Crippen molar-refractivity contribution in [2.75, 3.05) is 14.2 Å². The topological polar surface area (TPSA) is 85.2 Å². The summed E-state index contributed by atoms with van der Waals surface area (Å²) in [6.45, 7) is 0. The summed E-state index contributed by atoms with van der Waals surface area (Å²) in [4.78, 5) is 28.1. The van der Waals surface area contributed by atoms with E-state index in [4.69, 9.17) is 27.9 Å². The molecule has 2 aromatic carbocycles. The Hall–Kier alpha value is -2.57. The maximum Gasteiger partial charge on any atom is 0.340 e. The summed E-state index contributed by atoms with van der Waals surface area (Å²) in [6, 6.07) is 7.31. The molecule has 0 radical (unpaired) electrons. The van der Waals surface area contributed by atoms with E-state index in [1.54, 1.807) is 0 Å². The van der Waals surface area contributed by atoms with E-state index in [2.05, 4.69) is 9.73 Å². The Balaban J connectivity index is 2.56. The maximum absolute atomic E-state index is 12.1. The zero-order valence-corrected chi connectivity index (χ0v) is 14.8. The van der Waals surface area contributed by atoms with Gasteiger partial charge in [-0.2, -0.15) is 0 Å². The average molecular weight is 382 g/mol. The molecule has 0 aliphatic carbocycles. The Kier molecular flexibility index (Phi) is 6.01. The number of benzene rings is 2. The molecular weight excluding hydrogens is 369 g/mol. The van der Waals surface area contributed by atoms with Gasteiger partial charge in [-0.3, -0.25) is 4.99 Å². The van der Waals surface area contributed by atoms with E-state index in [0.717, 1.165) is 0 Å². The Morgan fingerprint density at radius 3 is 2.44 bits per heavy atom. The van der Waals surface area contributed by atoms with Gasteiger partial charge in [-0.05, 0) is 24.3 Å². The molecule has 8 heteroatoms. The van der Waals surface area contributed by atoms with Crippen molar-refractivity contribution < 1.29 is 24.2 Å². The van der Waals surface area contributed by atoms with E-state index in [9.17, 15) is 14.7 Å². The van der Waals surface area contributed by atoms with E-state index in [0.29, 0.717) is 5.02 Å². The number of esters is 2. The number of ether oxygens (including phenoxy) is 2. The number of aromatic hydroxyl groups is 1. The molecule has 0 bridgehead atoms. The van der Waals surface area contributed by atoms with Crippen molar-refractivity contribution in [2.45, 2.75) is 0 Å². The summed E-state index contributed by atoms with van der Waals surface area (Å²) in [6.07, 6.45) is 1.27. The van der Waals surface area contributed by atoms with Crippen LogP contribution in [0.2, 0.25) is 10.0 Å². The van der Waals surface area contributed by atoms with Crippen molar-refractivity contribution in [1.29, 1.82) is 0 Å². The van der Waals surface area contributed by atoms with Crippen LogP contribution in [0, 0.1) is 0 Å². The maximum atomic E-state index is 12.1. The van der Waals surface area contributed by atoms with Crippen LogP contribution in [-0.4, -0.2) is 37.5 Å². The van der Waals surface area contributed by atoms with Crippen LogP contribution in [0.3, 0.4) is 0 Å². The fourth-order valence-electron chi connectivity index (χ4n) is 2.07. The molecule has 0 amide bonds. The van der Waals surface area contributed by atoms with E-state index in [-0.39, 0.29) is 33.1 Å². The van der Waals surface area contributed by atoms with Gasteiger partial charge in [-0.25, -0.2) is 9.59 Å². The molecule has 2 aromatic rings. The molecule has 130 valence electrons. The molecule has 0 spiro atoms. The predicted molar refractivity (Wildman–Crippen MR) is 94.5 cm³/mol. The molecule has 25 heavy (non-hydrogen) atoms. The number of nitrogens with zero attached hydrogens (tertiary/aromatic N) is 1. The third-order valence-electron chi connectivity index (χ3n) is 3.24. The third-order valence-corrected chi connectivity index (χ3v) is 3.74. The quantitative estimate of drug-likeness (QED) is 0.638. The predicted octanol–water partition coefficient (Wildman–Crippen LogP) is 4.02. The van der Waals surface area contributed by atoms with E-state index in [1.807, 2.05) is 0 Å². The van der Waals surface area contributed by atoms with Gasteiger partial charge in [0.05, 0.1) is 36.1 Å². The second-order valence-corrected chi connectivity index (χ2v) is 5.61. The van der Waals surface area contributed by atoms with Crippen molar-refractivity contribution >= 4 is 47.0 Å². The number of carbonyl (C=O) groups excluding carboxylic acids is 2. The van der Waals surface area contributed by atoms with Crippen molar-refractivity contribution in [1.82, 2.24) is 0 Å². The molecule has 0 saturated carbocycles. The van der Waals surface area contributed by atoms with Gasteiger partial charge in [0.15, 0.2) is 0 Å². The van der Waals surface area contributed by atoms with Crippen molar-refractivity contribution in [2.24, 2.45) is 4.99 Å². The highest BCUT2D eigenvalue weighted by atomic mass is 35.5. The van der Waals surface area contributed by atoms with Gasteiger partial charge < -0.3 is 14.6 Å². The van der Waals surface area contributed by atoms with Crippen LogP contribution in [0.5, 0.6) is 5.75 Å². The third kappa shape index (κ3) is 4.10. The van der Waals surface area contributed by atoms with Crippen molar-refractivity contribution in [3.8, 4) is 5.75 Å². The lowest BCUT2D eigenvalue weighted by Crippen LogP contribution is -2.12. The van der Waals surface area contributed by atoms with Crippen LogP contribution >= 0.6 is 23.2 Å². The first-order valence-corrected chi connectivity index (χ1v) is 7.66. The first-order valence-electron chi connectivity index (χ1n) is 6.90. The number of phenols is 1. The van der Waals surface area contributed by atoms with Crippen LogP contribution < -0.4 is 0 Å². The molecule has 0 fully saturated rings. The van der Waals surface area contributed by atoms with Gasteiger partial charge >= 0.3 is 11.9 Å². The van der Waals surface area contributed by atoms with Gasteiger partial charge in [-0.15, -0.1) is 0 Å². The lowest BCUT2D eigenvalue weighted by atomic mass is 10.1. The normalized spacial score (nSPS) is 10.7. The molecule has 0 unspecified atom stereocenters. The standard InChI is InChI=1S/C17H13Cl2NO5/c1-24-16(22)11-4-3-5-13(14(11)17(23)25-2)20-8-9-6-10(18)7-12(19)15(9)21/h3-8,21H,1-2H3. The minimum atomic E-state index is -0.749. The highest BCUT2D eigenvalue weighted by molar-refractivity contribution is 6.36. The monoisotopic (exact) mass is 381 g/mol. The zero-order valence-electron chi connectivity index (χ0n) is 13.2. The Labute approximate surface area is 153 Å². The molecular formula is C17H13Cl2NO5. The molecule has 0 aliphatic heterocycles. The largest absolute Gasteiger partial charge is 0.506 e. The first kappa shape index (κ1) is 18.8. The fraction of sp³-hybridized carbons (Fsp3) is 0.118. The number of aliphatic imine (C=N–C) groups is 1. The van der Waals surface area contributed by atoms with Crippen molar-refractivity contribution in [3.63, 3.8) is 0 Å². The SMILES string of the molecule is COC(=O)c1cccc(N=Cc2cc(Cl)cc(Cl)c2O)c1C(=O)OC. The Morgan fingerprint density at radius 1 is 1.12 bits per heavy atom. The summed E-state index contributed by atoms with van der Waals surface area (Å²) in [7, 11) is 2.39. The smallest absolute Gasteiger partial charge is 0.340 e. The highest BCUT2D eigenvalue weighted by Gasteiger charge is 2.22.